The Bertz CT molecular complexity index is 525. The second-order valence-corrected chi connectivity index (χ2v) is 6.76. The van der Waals surface area contributed by atoms with Crippen LogP contribution in [0.25, 0.3) is 0 Å². The van der Waals surface area contributed by atoms with E-state index in [1.807, 2.05) is 39.8 Å². The molecule has 0 radical (unpaired) electrons. The third-order valence-electron chi connectivity index (χ3n) is 4.07. The summed E-state index contributed by atoms with van der Waals surface area (Å²) in [6.45, 7) is 10.2. The Morgan fingerprint density at radius 1 is 1.30 bits per heavy atom. The van der Waals surface area contributed by atoms with Gasteiger partial charge in [-0.15, -0.1) is 0 Å². The predicted molar refractivity (Wildman–Crippen MR) is 90.6 cm³/mol. The Labute approximate surface area is 138 Å². The summed E-state index contributed by atoms with van der Waals surface area (Å²) < 4.78 is 5.72. The van der Waals surface area contributed by atoms with Gasteiger partial charge in [-0.3, -0.25) is 9.69 Å². The molecule has 1 amide bonds. The third kappa shape index (κ3) is 4.94. The number of aryl methyl sites for hydroxylation is 2. The van der Waals surface area contributed by atoms with Gasteiger partial charge in [-0.1, -0.05) is 19.9 Å². The van der Waals surface area contributed by atoms with Crippen molar-refractivity contribution in [1.82, 2.24) is 10.2 Å². The molecule has 0 aromatic heterocycles. The molecule has 5 heteroatoms. The van der Waals surface area contributed by atoms with Crippen LogP contribution in [0.3, 0.4) is 0 Å². The van der Waals surface area contributed by atoms with Gasteiger partial charge in [0.2, 0.25) is 5.91 Å². The Kier molecular flexibility index (Phi) is 6.02. The van der Waals surface area contributed by atoms with Crippen LogP contribution in [0, 0.1) is 19.8 Å². The molecule has 1 aliphatic heterocycles. The average molecular weight is 320 g/mol. The molecule has 1 heterocycles. The van der Waals surface area contributed by atoms with E-state index in [4.69, 9.17) is 4.74 Å². The lowest BCUT2D eigenvalue weighted by Crippen LogP contribution is -2.59. The molecule has 1 saturated heterocycles. The van der Waals surface area contributed by atoms with Crippen molar-refractivity contribution in [2.75, 3.05) is 26.2 Å². The largest absolute Gasteiger partial charge is 0.491 e. The zero-order chi connectivity index (χ0) is 17.0. The van der Waals surface area contributed by atoms with Gasteiger partial charge in [0, 0.05) is 19.6 Å². The minimum atomic E-state index is -0.622. The highest BCUT2D eigenvalue weighted by Gasteiger charge is 2.33. The number of nitrogens with zero attached hydrogens (tertiary/aromatic N) is 1. The van der Waals surface area contributed by atoms with Crippen LogP contribution in [0.15, 0.2) is 18.2 Å². The minimum absolute atomic E-state index is 0.0497. The molecule has 1 aromatic rings. The van der Waals surface area contributed by atoms with Crippen LogP contribution < -0.4 is 10.1 Å². The first kappa shape index (κ1) is 17.8. The van der Waals surface area contributed by atoms with E-state index in [9.17, 15) is 9.90 Å². The van der Waals surface area contributed by atoms with Gasteiger partial charge in [0.05, 0.1) is 6.04 Å². The molecule has 0 aliphatic carbocycles. The minimum Gasteiger partial charge on any atom is -0.491 e. The summed E-state index contributed by atoms with van der Waals surface area (Å²) in [7, 11) is 0. The summed E-state index contributed by atoms with van der Waals surface area (Å²) in [6, 6.07) is 5.83. The molecule has 2 unspecified atom stereocenters. The van der Waals surface area contributed by atoms with E-state index in [0.717, 1.165) is 23.4 Å². The maximum atomic E-state index is 12.0. The fraction of sp³-hybridized carbons (Fsp3) is 0.611. The molecule has 1 aliphatic rings. The van der Waals surface area contributed by atoms with Crippen LogP contribution in [-0.4, -0.2) is 54.3 Å². The molecule has 1 fully saturated rings. The third-order valence-corrected chi connectivity index (χ3v) is 4.07. The first-order valence-electron chi connectivity index (χ1n) is 8.27. The molecule has 0 saturated carbocycles. The summed E-state index contributed by atoms with van der Waals surface area (Å²) in [5, 5.41) is 13.2. The Morgan fingerprint density at radius 3 is 2.57 bits per heavy atom. The fourth-order valence-electron chi connectivity index (χ4n) is 3.19. The number of β-amino-alcohol motifs (C(OH)–C–C–N with tert-alkyl or cyclic N) is 1. The van der Waals surface area contributed by atoms with Crippen molar-refractivity contribution in [3.63, 3.8) is 0 Å². The number of hydrogen-bond acceptors (Lipinski definition) is 4. The van der Waals surface area contributed by atoms with Gasteiger partial charge >= 0.3 is 0 Å². The Balaban J connectivity index is 1.90. The van der Waals surface area contributed by atoms with Crippen molar-refractivity contribution in [1.29, 1.82) is 0 Å². The molecule has 0 spiro atoms. The van der Waals surface area contributed by atoms with Gasteiger partial charge < -0.3 is 15.2 Å². The summed E-state index contributed by atoms with van der Waals surface area (Å²) in [4.78, 5) is 14.1. The zero-order valence-corrected chi connectivity index (χ0v) is 14.5. The monoisotopic (exact) mass is 320 g/mol. The molecule has 2 N–H and O–H groups in total. The maximum absolute atomic E-state index is 12.0. The number of hydrogen-bond donors (Lipinski definition) is 2. The van der Waals surface area contributed by atoms with E-state index in [-0.39, 0.29) is 24.5 Å². The van der Waals surface area contributed by atoms with Crippen molar-refractivity contribution >= 4 is 5.91 Å². The number of carbonyl (C=O) groups is 1. The molecule has 5 nitrogen and oxygen atoms in total. The van der Waals surface area contributed by atoms with Crippen molar-refractivity contribution in [3.05, 3.63) is 29.3 Å². The molecule has 1 aromatic carbocycles. The molecule has 0 bridgehead atoms. The normalized spacial score (nSPS) is 20.4. The van der Waals surface area contributed by atoms with Crippen LogP contribution in [0.2, 0.25) is 0 Å². The second-order valence-electron chi connectivity index (χ2n) is 6.76. The molecule has 2 atom stereocenters. The number of benzene rings is 1. The SMILES string of the molecule is Cc1cc(C)cc(OCC(O)CN2CCNC(=O)C2C(C)C)c1. The number of aliphatic hydroxyl groups excluding tert-OH is 1. The van der Waals surface area contributed by atoms with Gasteiger partial charge in [0.15, 0.2) is 0 Å². The smallest absolute Gasteiger partial charge is 0.237 e. The number of nitrogens with one attached hydrogen (secondary N) is 1. The van der Waals surface area contributed by atoms with Gasteiger partial charge in [0.25, 0.3) is 0 Å². The first-order valence-corrected chi connectivity index (χ1v) is 8.27. The molecule has 23 heavy (non-hydrogen) atoms. The van der Waals surface area contributed by atoms with E-state index >= 15 is 0 Å². The van der Waals surface area contributed by atoms with Crippen LogP contribution in [-0.2, 0) is 4.79 Å². The number of aliphatic hydroxyl groups is 1. The highest BCUT2D eigenvalue weighted by Crippen LogP contribution is 2.17. The van der Waals surface area contributed by atoms with E-state index in [2.05, 4.69) is 16.3 Å². The first-order chi connectivity index (χ1) is 10.9. The van der Waals surface area contributed by atoms with E-state index < -0.39 is 6.10 Å². The number of piperazine rings is 1. The molecular weight excluding hydrogens is 292 g/mol. The van der Waals surface area contributed by atoms with Crippen molar-refractivity contribution in [2.45, 2.75) is 39.8 Å². The quantitative estimate of drug-likeness (QED) is 0.834. The number of rotatable bonds is 6. The summed E-state index contributed by atoms with van der Waals surface area (Å²) in [6.07, 6.45) is -0.622. The Hall–Kier alpha value is -1.59. The highest BCUT2D eigenvalue weighted by molar-refractivity contribution is 5.82. The van der Waals surface area contributed by atoms with E-state index in [1.54, 1.807) is 0 Å². The fourth-order valence-corrected chi connectivity index (χ4v) is 3.19. The van der Waals surface area contributed by atoms with Crippen LogP contribution in [0.5, 0.6) is 5.75 Å². The summed E-state index contributed by atoms with van der Waals surface area (Å²) >= 11 is 0. The van der Waals surface area contributed by atoms with Crippen molar-refractivity contribution in [3.8, 4) is 5.75 Å². The summed E-state index contributed by atoms with van der Waals surface area (Å²) in [5.41, 5.74) is 2.28. The molecule has 128 valence electrons. The van der Waals surface area contributed by atoms with Gasteiger partial charge in [0.1, 0.15) is 18.5 Å². The number of amides is 1. The lowest BCUT2D eigenvalue weighted by atomic mass is 9.99. The van der Waals surface area contributed by atoms with Crippen molar-refractivity contribution < 1.29 is 14.6 Å². The van der Waals surface area contributed by atoms with Crippen LogP contribution in [0.4, 0.5) is 0 Å². The second kappa shape index (κ2) is 7.79. The highest BCUT2D eigenvalue weighted by atomic mass is 16.5. The topological polar surface area (TPSA) is 61.8 Å². The summed E-state index contributed by atoms with van der Waals surface area (Å²) in [5.74, 6) is 1.04. The maximum Gasteiger partial charge on any atom is 0.237 e. The van der Waals surface area contributed by atoms with Gasteiger partial charge in [-0.2, -0.15) is 0 Å². The van der Waals surface area contributed by atoms with Gasteiger partial charge in [-0.25, -0.2) is 0 Å². The molecule has 2 rings (SSSR count). The molecular formula is C18H28N2O3. The van der Waals surface area contributed by atoms with E-state index in [1.165, 1.54) is 0 Å². The van der Waals surface area contributed by atoms with Crippen LogP contribution >= 0.6 is 0 Å². The number of carbonyl (C=O) groups excluding carboxylic acids is 1. The van der Waals surface area contributed by atoms with E-state index in [0.29, 0.717) is 13.1 Å². The average Bonchev–Trinajstić information content (AvgIpc) is 2.44. The standard InChI is InChI=1S/C18H28N2O3/c1-12(2)17-18(22)19-5-6-20(17)10-15(21)11-23-16-8-13(3)7-14(4)9-16/h7-9,12,15,17,21H,5-6,10-11H2,1-4H3,(H,19,22). The lowest BCUT2D eigenvalue weighted by Gasteiger charge is -2.38. The lowest BCUT2D eigenvalue weighted by molar-refractivity contribution is -0.131. The van der Waals surface area contributed by atoms with Gasteiger partial charge in [-0.05, 0) is 43.0 Å². The number of ether oxygens (including phenoxy) is 1. The predicted octanol–water partition coefficient (Wildman–Crippen LogP) is 1.50. The zero-order valence-electron chi connectivity index (χ0n) is 14.5. The van der Waals surface area contributed by atoms with Crippen LogP contribution in [0.1, 0.15) is 25.0 Å². The van der Waals surface area contributed by atoms with Crippen molar-refractivity contribution in [2.24, 2.45) is 5.92 Å². The Morgan fingerprint density at radius 2 is 1.96 bits per heavy atom.